The largest absolute Gasteiger partial charge is 0.481 e. The maximum Gasteiger partial charge on any atom is 0.336 e. The zero-order valence-corrected chi connectivity index (χ0v) is 30.2. The van der Waals surface area contributed by atoms with E-state index in [4.69, 9.17) is 113 Å². The number of aldehydes is 3. The summed E-state index contributed by atoms with van der Waals surface area (Å²) in [6.45, 7) is -2.57. The molecule has 0 aliphatic carbocycles. The molecule has 0 heterocycles. The molecule has 0 aliphatic heterocycles. The highest BCUT2D eigenvalue weighted by molar-refractivity contribution is 5.88. The van der Waals surface area contributed by atoms with Crippen LogP contribution in [0, 0.1) is 0 Å². The molecule has 31 nitrogen and oxygen atoms in total. The van der Waals surface area contributed by atoms with Gasteiger partial charge in [0.15, 0.2) is 30.6 Å². The van der Waals surface area contributed by atoms with Crippen LogP contribution in [0.5, 0.6) is 0 Å². The van der Waals surface area contributed by atoms with Crippen LogP contribution in [0.1, 0.15) is 19.3 Å². The maximum atomic E-state index is 10.3. The lowest BCUT2D eigenvalue weighted by molar-refractivity contribution is -0.170. The van der Waals surface area contributed by atoms with Gasteiger partial charge in [-0.05, 0) is 0 Å². The van der Waals surface area contributed by atoms with Gasteiger partial charge in [-0.25, -0.2) is 9.59 Å². The number of aliphatic hydroxyl groups excluding tert-OH is 14. The molecule has 0 aromatic rings. The molecule has 11 atom stereocenters. The van der Waals surface area contributed by atoms with Crippen molar-refractivity contribution in [3.8, 4) is 0 Å². The number of carboxylic acid groups (broad SMARTS) is 6. The van der Waals surface area contributed by atoms with Gasteiger partial charge in [0.05, 0.1) is 45.7 Å². The Hall–Kier alpha value is -4.81. The fraction of sp³-hybridized carbons (Fsp3) is 0.679. The number of hydrogen-bond donors (Lipinski definition) is 22. The highest BCUT2D eigenvalue weighted by Crippen LogP contribution is 2.15. The summed E-state index contributed by atoms with van der Waals surface area (Å²) >= 11 is 0. The van der Waals surface area contributed by atoms with E-state index < -0.39 is 154 Å². The number of carboxylic acids is 6. The van der Waals surface area contributed by atoms with Crippen molar-refractivity contribution in [1.82, 2.24) is 0 Å². The fourth-order valence-electron chi connectivity index (χ4n) is 2.29. The van der Waals surface area contributed by atoms with Gasteiger partial charge >= 0.3 is 35.8 Å². The second-order valence-electron chi connectivity index (χ2n) is 10.7. The molecule has 59 heavy (non-hydrogen) atoms. The van der Waals surface area contributed by atoms with Crippen molar-refractivity contribution in [1.29, 1.82) is 0 Å². The number of carbonyl (C=O) groups is 9. The Morgan fingerprint density at radius 2 is 0.746 bits per heavy atom. The van der Waals surface area contributed by atoms with Crippen molar-refractivity contribution in [3.05, 3.63) is 0 Å². The second-order valence-corrected chi connectivity index (χ2v) is 10.7. The van der Waals surface area contributed by atoms with Gasteiger partial charge in [-0.3, -0.25) is 19.2 Å². The molecule has 0 aliphatic rings. The van der Waals surface area contributed by atoms with Crippen LogP contribution in [0.3, 0.4) is 0 Å². The van der Waals surface area contributed by atoms with Gasteiger partial charge in [0.1, 0.15) is 61.0 Å². The molecular formula is C28H51NO30. The summed E-state index contributed by atoms with van der Waals surface area (Å²) in [7, 11) is 0. The average Bonchev–Trinajstić information content (AvgIpc) is 3.17. The number of rotatable bonds is 22. The summed E-state index contributed by atoms with van der Waals surface area (Å²) in [5.41, 5.74) is 2.03. The van der Waals surface area contributed by atoms with Crippen LogP contribution in [0.4, 0.5) is 0 Å². The minimum atomic E-state index is -2.74. The van der Waals surface area contributed by atoms with Crippen molar-refractivity contribution in [2.75, 3.05) is 26.4 Å². The highest BCUT2D eigenvalue weighted by atomic mass is 16.4. The lowest BCUT2D eigenvalue weighted by Crippen LogP contribution is -2.42. The van der Waals surface area contributed by atoms with E-state index in [0.29, 0.717) is 0 Å². The summed E-state index contributed by atoms with van der Waals surface area (Å²) in [5, 5.41) is 176. The monoisotopic (exact) mass is 881 g/mol. The number of hydrogen-bond acceptors (Lipinski definition) is 25. The van der Waals surface area contributed by atoms with Crippen LogP contribution < -0.4 is 5.73 Å². The number of nitrogens with two attached hydrogens (primary N) is 1. The molecule has 0 saturated carbocycles. The molecule has 23 N–H and O–H groups in total. The first-order valence-electron chi connectivity index (χ1n) is 15.3. The van der Waals surface area contributed by atoms with E-state index in [0.717, 1.165) is 0 Å². The summed E-state index contributed by atoms with van der Waals surface area (Å²) in [6, 6.07) is -1.13. The minimum absolute atomic E-state index is 0.0869. The Morgan fingerprint density at radius 3 is 0.847 bits per heavy atom. The fourth-order valence-corrected chi connectivity index (χ4v) is 2.29. The topological polar surface area (TPSA) is 604 Å². The van der Waals surface area contributed by atoms with E-state index in [1.165, 1.54) is 0 Å². The SMILES string of the molecule is NC(CO)C(=O)O.O=C(O)CC(O)(CC(=O)O)C(=O)O.O=C(O)CC(O)C(=O)O.O=C[C@@H](O)[C@H](O)[C@H](O)CO.O=C[C@H](O)[C@@H](O)[C@@H](O)CO.O=C[C@H](O)[C@@H](O)[C@H](O)CO. The van der Waals surface area contributed by atoms with Gasteiger partial charge in [-0.1, -0.05) is 0 Å². The zero-order valence-electron chi connectivity index (χ0n) is 30.2. The van der Waals surface area contributed by atoms with E-state index in [1.54, 1.807) is 0 Å². The third kappa shape index (κ3) is 37.2. The maximum absolute atomic E-state index is 10.3. The predicted molar refractivity (Wildman–Crippen MR) is 179 cm³/mol. The molecule has 0 aromatic heterocycles. The Labute approximate surface area is 329 Å². The van der Waals surface area contributed by atoms with Crippen molar-refractivity contribution in [2.24, 2.45) is 5.73 Å². The van der Waals surface area contributed by atoms with Gasteiger partial charge in [0.25, 0.3) is 0 Å². The first-order chi connectivity index (χ1) is 26.9. The van der Waals surface area contributed by atoms with E-state index in [-0.39, 0.29) is 18.9 Å². The number of carbonyl (C=O) groups excluding carboxylic acids is 3. The first kappa shape index (κ1) is 66.0. The van der Waals surface area contributed by atoms with Crippen molar-refractivity contribution in [3.63, 3.8) is 0 Å². The first-order valence-corrected chi connectivity index (χ1v) is 15.3. The minimum Gasteiger partial charge on any atom is -0.481 e. The predicted octanol–water partition coefficient (Wildman–Crippen LogP) is -12.2. The van der Waals surface area contributed by atoms with Crippen LogP contribution in [-0.4, -0.2) is 261 Å². The van der Waals surface area contributed by atoms with Crippen LogP contribution in [-0.2, 0) is 43.2 Å². The van der Waals surface area contributed by atoms with Gasteiger partial charge in [-0.2, -0.15) is 0 Å². The smallest absolute Gasteiger partial charge is 0.336 e. The van der Waals surface area contributed by atoms with E-state index >= 15 is 0 Å². The lowest BCUT2D eigenvalue weighted by atomic mass is 9.96. The van der Waals surface area contributed by atoms with Gasteiger partial charge in [-0.15, -0.1) is 0 Å². The summed E-state index contributed by atoms with van der Waals surface area (Å²) in [5.74, 6) is -9.04. The summed E-state index contributed by atoms with van der Waals surface area (Å²) in [4.78, 5) is 88.8. The molecule has 0 amide bonds. The molecule has 0 saturated heterocycles. The van der Waals surface area contributed by atoms with Crippen LogP contribution in [0.25, 0.3) is 0 Å². The van der Waals surface area contributed by atoms with E-state index in [9.17, 15) is 43.2 Å². The van der Waals surface area contributed by atoms with Gasteiger partial charge in [0.2, 0.25) is 0 Å². The molecule has 0 aromatic carbocycles. The summed E-state index contributed by atoms with van der Waals surface area (Å²) in [6.07, 6.45) is -18.7. The lowest BCUT2D eigenvalue weighted by Gasteiger charge is -2.18. The molecule has 348 valence electrons. The van der Waals surface area contributed by atoms with E-state index in [2.05, 4.69) is 0 Å². The molecule has 2 unspecified atom stereocenters. The Balaban J connectivity index is -0.000000144. The molecule has 0 rings (SSSR count). The number of aliphatic hydroxyl groups is 15. The Bertz CT molecular complexity index is 1140. The average molecular weight is 882 g/mol. The van der Waals surface area contributed by atoms with Gasteiger partial charge in [0, 0.05) is 0 Å². The van der Waals surface area contributed by atoms with Crippen molar-refractivity contribution in [2.45, 2.75) is 91.9 Å². The van der Waals surface area contributed by atoms with Crippen molar-refractivity contribution >= 4 is 54.7 Å². The quantitative estimate of drug-likeness (QED) is 0.0449. The molecule has 0 bridgehead atoms. The number of aliphatic carboxylic acids is 6. The zero-order chi connectivity index (χ0) is 48.4. The Kier molecular flexibility index (Phi) is 41.9. The molecule has 31 heteroatoms. The standard InChI is InChI=1S/C6H8O7.3C5H10O5.C4H6O5.C3H7NO3/c7-3(8)1-6(13,5(11)12)2-4(9)10;3*6-1-3(8)5(10)4(9)2-7;5-2(4(8)9)1-3(6)7;4-2(1-5)3(6)7/h13H,1-2H2,(H,7,8)(H,9,10)(H,11,12);3*1,3-5,7-10H,2H2;2,5H,1H2,(H,6,7)(H,8,9);2,5H,1,4H2,(H,6,7)/t;3-,4+,5+;2*3-,4-,5+;;/m.010../s1. The van der Waals surface area contributed by atoms with Crippen LogP contribution >= 0.6 is 0 Å². The van der Waals surface area contributed by atoms with Crippen molar-refractivity contribution < 1.29 is 150 Å². The normalized spacial score (nSPS) is 15.9. The third-order valence-electron chi connectivity index (χ3n) is 5.66. The van der Waals surface area contributed by atoms with Gasteiger partial charge < -0.3 is 127 Å². The third-order valence-corrected chi connectivity index (χ3v) is 5.66. The second kappa shape index (κ2) is 37.5. The van der Waals surface area contributed by atoms with E-state index in [1.807, 2.05) is 0 Å². The molecule has 0 fully saturated rings. The summed E-state index contributed by atoms with van der Waals surface area (Å²) < 4.78 is 0. The molecule has 0 spiro atoms. The molecular weight excluding hydrogens is 830 g/mol. The Morgan fingerprint density at radius 1 is 0.475 bits per heavy atom. The van der Waals surface area contributed by atoms with Crippen LogP contribution in [0.2, 0.25) is 0 Å². The highest BCUT2D eigenvalue weighted by Gasteiger charge is 2.40. The van der Waals surface area contributed by atoms with Crippen LogP contribution in [0.15, 0.2) is 0 Å². The molecule has 0 radical (unpaired) electrons.